The molecule has 0 unspecified atom stereocenters. The van der Waals surface area contributed by atoms with Crippen molar-refractivity contribution in [3.63, 3.8) is 0 Å². The first kappa shape index (κ1) is 15.0. The van der Waals surface area contributed by atoms with Gasteiger partial charge in [-0.2, -0.15) is 4.98 Å². The number of hydrogen-bond donors (Lipinski definition) is 2. The zero-order valence-electron chi connectivity index (χ0n) is 12.2. The van der Waals surface area contributed by atoms with Crippen molar-refractivity contribution >= 4 is 11.7 Å². The largest absolute Gasteiger partial charge is 0.370 e. The van der Waals surface area contributed by atoms with Gasteiger partial charge in [0.1, 0.15) is 5.82 Å². The van der Waals surface area contributed by atoms with Crippen LogP contribution < -0.4 is 10.6 Å². The Bertz CT molecular complexity index is 583. The standard InChI is InChI=1S/C14H19N5O2/c1-3-11-7-10(8-12(19-11)15-4-2)14(20)16-6-5-13-17-9-18-21-13/h7-9H,3-6H2,1-2H3,(H,15,19)(H,16,20). The summed E-state index contributed by atoms with van der Waals surface area (Å²) in [6, 6.07) is 3.56. The van der Waals surface area contributed by atoms with Crippen LogP contribution in [0.2, 0.25) is 0 Å². The Kier molecular flexibility index (Phi) is 5.25. The van der Waals surface area contributed by atoms with Gasteiger partial charge in [-0.15, -0.1) is 0 Å². The van der Waals surface area contributed by atoms with Gasteiger partial charge in [0.05, 0.1) is 0 Å². The molecule has 7 nitrogen and oxygen atoms in total. The first-order chi connectivity index (χ1) is 10.2. The van der Waals surface area contributed by atoms with Crippen LogP contribution in [-0.4, -0.2) is 34.1 Å². The van der Waals surface area contributed by atoms with E-state index < -0.39 is 0 Å². The van der Waals surface area contributed by atoms with E-state index in [2.05, 4.69) is 25.8 Å². The molecule has 0 saturated carbocycles. The molecular formula is C14H19N5O2. The van der Waals surface area contributed by atoms with E-state index in [1.54, 1.807) is 6.07 Å². The number of aryl methyl sites for hydroxylation is 1. The van der Waals surface area contributed by atoms with Crippen LogP contribution in [0.5, 0.6) is 0 Å². The van der Waals surface area contributed by atoms with Crippen LogP contribution in [0, 0.1) is 0 Å². The molecule has 0 aromatic carbocycles. The Balaban J connectivity index is 1.98. The van der Waals surface area contributed by atoms with Crippen molar-refractivity contribution in [3.05, 3.63) is 35.6 Å². The summed E-state index contributed by atoms with van der Waals surface area (Å²) in [4.78, 5) is 20.5. The molecule has 0 aliphatic heterocycles. The number of nitrogens with one attached hydrogen (secondary N) is 2. The van der Waals surface area contributed by atoms with E-state index in [1.807, 2.05) is 19.9 Å². The van der Waals surface area contributed by atoms with Crippen molar-refractivity contribution in [2.45, 2.75) is 26.7 Å². The van der Waals surface area contributed by atoms with Crippen LogP contribution >= 0.6 is 0 Å². The number of hydrogen-bond acceptors (Lipinski definition) is 6. The van der Waals surface area contributed by atoms with Gasteiger partial charge in [0.25, 0.3) is 5.91 Å². The van der Waals surface area contributed by atoms with E-state index in [9.17, 15) is 4.79 Å². The van der Waals surface area contributed by atoms with E-state index >= 15 is 0 Å². The maximum atomic E-state index is 12.2. The minimum absolute atomic E-state index is 0.134. The average Bonchev–Trinajstić information content (AvgIpc) is 3.00. The zero-order chi connectivity index (χ0) is 15.1. The monoisotopic (exact) mass is 289 g/mol. The molecule has 0 spiro atoms. The molecular weight excluding hydrogens is 270 g/mol. The highest BCUT2D eigenvalue weighted by Gasteiger charge is 2.09. The summed E-state index contributed by atoms with van der Waals surface area (Å²) in [5.41, 5.74) is 1.49. The summed E-state index contributed by atoms with van der Waals surface area (Å²) < 4.78 is 4.88. The highest BCUT2D eigenvalue weighted by Crippen LogP contribution is 2.11. The molecule has 0 radical (unpaired) electrons. The number of pyridine rings is 1. The van der Waals surface area contributed by atoms with Gasteiger partial charge in [0.15, 0.2) is 6.33 Å². The van der Waals surface area contributed by atoms with Gasteiger partial charge in [-0.1, -0.05) is 12.1 Å². The van der Waals surface area contributed by atoms with Crippen LogP contribution in [0.1, 0.15) is 35.8 Å². The minimum Gasteiger partial charge on any atom is -0.370 e. The maximum absolute atomic E-state index is 12.2. The van der Waals surface area contributed by atoms with Crippen molar-refractivity contribution in [1.82, 2.24) is 20.4 Å². The predicted octanol–water partition coefficient (Wildman–Crippen LogP) is 1.43. The van der Waals surface area contributed by atoms with Crippen molar-refractivity contribution in [2.75, 3.05) is 18.4 Å². The normalized spacial score (nSPS) is 10.4. The lowest BCUT2D eigenvalue weighted by atomic mass is 10.1. The number of rotatable bonds is 7. The Hall–Kier alpha value is -2.44. The van der Waals surface area contributed by atoms with Crippen LogP contribution in [-0.2, 0) is 12.8 Å². The number of carbonyl (C=O) groups excluding carboxylic acids is 1. The Labute approximate surface area is 123 Å². The molecule has 0 bridgehead atoms. The van der Waals surface area contributed by atoms with E-state index in [0.717, 1.165) is 24.5 Å². The van der Waals surface area contributed by atoms with Gasteiger partial charge >= 0.3 is 0 Å². The van der Waals surface area contributed by atoms with Crippen LogP contribution in [0.3, 0.4) is 0 Å². The summed E-state index contributed by atoms with van der Waals surface area (Å²) in [6.07, 6.45) is 2.63. The lowest BCUT2D eigenvalue weighted by Crippen LogP contribution is -2.26. The van der Waals surface area contributed by atoms with E-state index in [4.69, 9.17) is 4.52 Å². The van der Waals surface area contributed by atoms with Gasteiger partial charge < -0.3 is 15.2 Å². The highest BCUT2D eigenvalue weighted by molar-refractivity contribution is 5.95. The van der Waals surface area contributed by atoms with Gasteiger partial charge in [0.2, 0.25) is 5.89 Å². The summed E-state index contributed by atoms with van der Waals surface area (Å²) in [5, 5.41) is 9.48. The summed E-state index contributed by atoms with van der Waals surface area (Å²) in [6.45, 7) is 5.21. The molecule has 1 amide bonds. The SMILES string of the molecule is CCNc1cc(C(=O)NCCc2ncno2)cc(CC)n1. The van der Waals surface area contributed by atoms with E-state index in [0.29, 0.717) is 24.4 Å². The molecule has 2 rings (SSSR count). The number of amides is 1. The first-order valence-electron chi connectivity index (χ1n) is 7.01. The number of aromatic nitrogens is 3. The van der Waals surface area contributed by atoms with Crippen molar-refractivity contribution in [2.24, 2.45) is 0 Å². The predicted molar refractivity (Wildman–Crippen MR) is 78.1 cm³/mol. The fraction of sp³-hybridized carbons (Fsp3) is 0.429. The van der Waals surface area contributed by atoms with Gasteiger partial charge in [-0.05, 0) is 25.5 Å². The van der Waals surface area contributed by atoms with Crippen LogP contribution in [0.15, 0.2) is 23.0 Å². The third-order valence-corrected chi connectivity index (χ3v) is 2.89. The van der Waals surface area contributed by atoms with Crippen molar-refractivity contribution in [3.8, 4) is 0 Å². The molecule has 21 heavy (non-hydrogen) atoms. The Morgan fingerprint density at radius 3 is 2.86 bits per heavy atom. The molecule has 0 fully saturated rings. The van der Waals surface area contributed by atoms with Gasteiger partial charge in [-0.25, -0.2) is 4.98 Å². The van der Waals surface area contributed by atoms with Gasteiger partial charge in [0, 0.05) is 30.8 Å². The molecule has 7 heteroatoms. The number of nitrogens with zero attached hydrogens (tertiary/aromatic N) is 3. The quantitative estimate of drug-likeness (QED) is 0.801. The summed E-state index contributed by atoms with van der Waals surface area (Å²) in [5.74, 6) is 1.09. The molecule has 0 saturated heterocycles. The summed E-state index contributed by atoms with van der Waals surface area (Å²) >= 11 is 0. The first-order valence-corrected chi connectivity index (χ1v) is 7.01. The third-order valence-electron chi connectivity index (χ3n) is 2.89. The molecule has 112 valence electrons. The van der Waals surface area contributed by atoms with Crippen molar-refractivity contribution < 1.29 is 9.32 Å². The fourth-order valence-corrected chi connectivity index (χ4v) is 1.86. The average molecular weight is 289 g/mol. The fourth-order valence-electron chi connectivity index (χ4n) is 1.86. The third kappa shape index (κ3) is 4.27. The highest BCUT2D eigenvalue weighted by atomic mass is 16.5. The van der Waals surface area contributed by atoms with Crippen molar-refractivity contribution in [1.29, 1.82) is 0 Å². The smallest absolute Gasteiger partial charge is 0.251 e. The topological polar surface area (TPSA) is 92.9 Å². The molecule has 2 aromatic rings. The summed E-state index contributed by atoms with van der Waals surface area (Å²) in [7, 11) is 0. The second-order valence-corrected chi connectivity index (χ2v) is 4.46. The maximum Gasteiger partial charge on any atom is 0.251 e. The molecule has 2 aromatic heterocycles. The van der Waals surface area contributed by atoms with Crippen LogP contribution in [0.25, 0.3) is 0 Å². The zero-order valence-corrected chi connectivity index (χ0v) is 12.2. The van der Waals surface area contributed by atoms with E-state index in [1.165, 1.54) is 6.33 Å². The Morgan fingerprint density at radius 2 is 2.19 bits per heavy atom. The molecule has 0 aliphatic rings. The second kappa shape index (κ2) is 7.37. The Morgan fingerprint density at radius 1 is 1.33 bits per heavy atom. The molecule has 0 atom stereocenters. The van der Waals surface area contributed by atoms with Crippen LogP contribution in [0.4, 0.5) is 5.82 Å². The lowest BCUT2D eigenvalue weighted by Gasteiger charge is -2.09. The molecule has 2 heterocycles. The molecule has 0 aliphatic carbocycles. The second-order valence-electron chi connectivity index (χ2n) is 4.46. The lowest BCUT2D eigenvalue weighted by molar-refractivity contribution is 0.0953. The van der Waals surface area contributed by atoms with Gasteiger partial charge in [-0.3, -0.25) is 4.79 Å². The molecule has 2 N–H and O–H groups in total. The number of anilines is 1. The number of carbonyl (C=O) groups is 1. The van der Waals surface area contributed by atoms with E-state index in [-0.39, 0.29) is 5.91 Å². The minimum atomic E-state index is -0.134.